The van der Waals surface area contributed by atoms with E-state index in [0.29, 0.717) is 17.8 Å². The lowest BCUT2D eigenvalue weighted by Crippen LogP contribution is -2.38. The Balaban J connectivity index is 1.69. The average Bonchev–Trinajstić information content (AvgIpc) is 3.29. The number of rotatable bonds is 3. The number of hydrogen-bond donors (Lipinski definition) is 1. The number of aryl methyl sites for hydroxylation is 2. The number of H-pyrrole nitrogens is 1. The second kappa shape index (κ2) is 5.70. The third kappa shape index (κ3) is 2.44. The smallest absolute Gasteiger partial charge is 0.255 e. The highest BCUT2D eigenvalue weighted by Gasteiger charge is 2.31. The molecule has 0 aliphatic carbocycles. The van der Waals surface area contributed by atoms with Crippen molar-refractivity contribution in [3.8, 4) is 0 Å². The first-order valence-electron chi connectivity index (χ1n) is 8.11. The fourth-order valence-electron chi connectivity index (χ4n) is 3.46. The van der Waals surface area contributed by atoms with Crippen molar-refractivity contribution >= 4 is 16.9 Å². The number of fused-ring (bicyclic) bond motifs is 1. The van der Waals surface area contributed by atoms with Gasteiger partial charge < -0.3 is 4.90 Å². The Morgan fingerprint density at radius 1 is 1.42 bits per heavy atom. The summed E-state index contributed by atoms with van der Waals surface area (Å²) >= 11 is 0. The molecule has 1 amide bonds. The SMILES string of the molecule is Cc1cc(C(=O)N2CCC[C@H]2Cn2ccnn2)c2c(C)[nH]nc2n1. The number of aromatic amines is 1. The van der Waals surface area contributed by atoms with Gasteiger partial charge in [0.2, 0.25) is 0 Å². The molecule has 1 N–H and O–H groups in total. The van der Waals surface area contributed by atoms with Gasteiger partial charge in [0.25, 0.3) is 5.91 Å². The van der Waals surface area contributed by atoms with Gasteiger partial charge in [-0.25, -0.2) is 4.98 Å². The highest BCUT2D eigenvalue weighted by Crippen LogP contribution is 2.26. The maximum absolute atomic E-state index is 13.2. The van der Waals surface area contributed by atoms with Crippen molar-refractivity contribution in [1.82, 2.24) is 35.1 Å². The molecule has 1 aliphatic heterocycles. The average molecular weight is 325 g/mol. The van der Waals surface area contributed by atoms with Crippen LogP contribution < -0.4 is 0 Å². The predicted octanol–water partition coefficient (Wildman–Crippen LogP) is 1.47. The van der Waals surface area contributed by atoms with Gasteiger partial charge in [-0.15, -0.1) is 5.10 Å². The molecule has 3 aromatic heterocycles. The number of carbonyl (C=O) groups is 1. The van der Waals surface area contributed by atoms with Gasteiger partial charge in [-0.2, -0.15) is 5.10 Å². The summed E-state index contributed by atoms with van der Waals surface area (Å²) in [6.07, 6.45) is 5.47. The summed E-state index contributed by atoms with van der Waals surface area (Å²) in [6, 6.07) is 1.99. The third-order valence-corrected chi connectivity index (χ3v) is 4.57. The Morgan fingerprint density at radius 3 is 3.08 bits per heavy atom. The zero-order valence-corrected chi connectivity index (χ0v) is 13.7. The number of hydrogen-bond acceptors (Lipinski definition) is 5. The van der Waals surface area contributed by atoms with Gasteiger partial charge in [-0.05, 0) is 32.8 Å². The van der Waals surface area contributed by atoms with E-state index in [1.165, 1.54) is 0 Å². The van der Waals surface area contributed by atoms with Crippen molar-refractivity contribution in [3.05, 3.63) is 35.4 Å². The van der Waals surface area contributed by atoms with Gasteiger partial charge in [0.1, 0.15) is 0 Å². The summed E-state index contributed by atoms with van der Waals surface area (Å²) in [5, 5.41) is 15.8. The van der Waals surface area contributed by atoms with Crippen LogP contribution in [0.15, 0.2) is 18.5 Å². The largest absolute Gasteiger partial charge is 0.334 e. The monoisotopic (exact) mass is 325 g/mol. The molecule has 1 aliphatic rings. The minimum atomic E-state index is 0.0395. The fourth-order valence-corrected chi connectivity index (χ4v) is 3.46. The van der Waals surface area contributed by atoms with E-state index in [0.717, 1.165) is 36.2 Å². The molecule has 4 heterocycles. The van der Waals surface area contributed by atoms with Crippen LogP contribution in [0, 0.1) is 13.8 Å². The summed E-state index contributed by atoms with van der Waals surface area (Å²) in [5.74, 6) is 0.0395. The molecule has 8 nitrogen and oxygen atoms in total. The molecule has 1 atom stereocenters. The first kappa shape index (κ1) is 14.8. The lowest BCUT2D eigenvalue weighted by atomic mass is 10.1. The third-order valence-electron chi connectivity index (χ3n) is 4.57. The number of aromatic nitrogens is 6. The lowest BCUT2D eigenvalue weighted by Gasteiger charge is -2.25. The van der Waals surface area contributed by atoms with Crippen molar-refractivity contribution in [1.29, 1.82) is 0 Å². The van der Waals surface area contributed by atoms with E-state index in [1.54, 1.807) is 10.9 Å². The first-order chi connectivity index (χ1) is 11.6. The van der Waals surface area contributed by atoms with Crippen molar-refractivity contribution in [2.75, 3.05) is 6.54 Å². The molecule has 4 rings (SSSR count). The Kier molecular flexibility index (Phi) is 3.51. The number of nitrogens with zero attached hydrogens (tertiary/aromatic N) is 6. The summed E-state index contributed by atoms with van der Waals surface area (Å²) < 4.78 is 1.78. The van der Waals surface area contributed by atoms with Crippen LogP contribution >= 0.6 is 0 Å². The molecule has 1 fully saturated rings. The molecule has 0 unspecified atom stereocenters. The van der Waals surface area contributed by atoms with E-state index in [2.05, 4.69) is 25.5 Å². The quantitative estimate of drug-likeness (QED) is 0.787. The van der Waals surface area contributed by atoms with Gasteiger partial charge in [0.15, 0.2) is 5.65 Å². The standard InChI is InChI=1S/C16H19N7O/c1-10-8-13(14-11(2)19-20-15(14)18-10)16(24)23-6-3-4-12(23)9-22-7-5-17-21-22/h5,7-8,12H,3-4,6,9H2,1-2H3,(H,18,19,20)/t12-/m0/s1. The Labute approximate surface area is 138 Å². The molecule has 0 spiro atoms. The van der Waals surface area contributed by atoms with E-state index in [4.69, 9.17) is 0 Å². The molecule has 0 radical (unpaired) electrons. The van der Waals surface area contributed by atoms with Gasteiger partial charge in [-0.1, -0.05) is 5.21 Å². The lowest BCUT2D eigenvalue weighted by molar-refractivity contribution is 0.0723. The Hall–Kier alpha value is -2.77. The Bertz CT molecular complexity index is 883. The number of amides is 1. The maximum atomic E-state index is 13.2. The first-order valence-corrected chi connectivity index (χ1v) is 8.11. The van der Waals surface area contributed by atoms with Crippen LogP contribution in [0.5, 0.6) is 0 Å². The molecule has 24 heavy (non-hydrogen) atoms. The predicted molar refractivity (Wildman–Crippen MR) is 87.4 cm³/mol. The molecule has 8 heteroatoms. The minimum Gasteiger partial charge on any atom is -0.334 e. The number of pyridine rings is 1. The van der Waals surface area contributed by atoms with Crippen LogP contribution in [0.25, 0.3) is 11.0 Å². The van der Waals surface area contributed by atoms with Crippen molar-refractivity contribution < 1.29 is 4.79 Å². The van der Waals surface area contributed by atoms with Crippen LogP contribution in [0.1, 0.15) is 34.6 Å². The van der Waals surface area contributed by atoms with Gasteiger partial charge in [0, 0.05) is 24.1 Å². The summed E-state index contributed by atoms with van der Waals surface area (Å²) in [6.45, 7) is 5.23. The van der Waals surface area contributed by atoms with Crippen LogP contribution in [0.2, 0.25) is 0 Å². The zero-order chi connectivity index (χ0) is 16.7. The molecular weight excluding hydrogens is 306 g/mol. The van der Waals surface area contributed by atoms with E-state index < -0.39 is 0 Å². The molecule has 1 saturated heterocycles. The second-order valence-corrected chi connectivity index (χ2v) is 6.28. The van der Waals surface area contributed by atoms with E-state index >= 15 is 0 Å². The summed E-state index contributed by atoms with van der Waals surface area (Å²) in [4.78, 5) is 19.6. The topological polar surface area (TPSA) is 92.6 Å². The molecule has 0 aromatic carbocycles. The van der Waals surface area contributed by atoms with Crippen LogP contribution in [-0.2, 0) is 6.54 Å². The van der Waals surface area contributed by atoms with Gasteiger partial charge in [0.05, 0.1) is 29.7 Å². The maximum Gasteiger partial charge on any atom is 0.255 e. The summed E-state index contributed by atoms with van der Waals surface area (Å²) in [5.41, 5.74) is 2.94. The van der Waals surface area contributed by atoms with E-state index in [9.17, 15) is 4.79 Å². The van der Waals surface area contributed by atoms with Crippen LogP contribution in [0.4, 0.5) is 0 Å². The normalized spacial score (nSPS) is 17.8. The van der Waals surface area contributed by atoms with Crippen LogP contribution in [-0.4, -0.2) is 53.6 Å². The van der Waals surface area contributed by atoms with Gasteiger partial charge >= 0.3 is 0 Å². The molecule has 3 aromatic rings. The number of carbonyl (C=O) groups excluding carboxylic acids is 1. The molecule has 0 bridgehead atoms. The van der Waals surface area contributed by atoms with E-state index in [-0.39, 0.29) is 11.9 Å². The van der Waals surface area contributed by atoms with E-state index in [1.807, 2.05) is 31.0 Å². The number of nitrogens with one attached hydrogen (secondary N) is 1. The highest BCUT2D eigenvalue weighted by molar-refractivity contribution is 6.06. The fraction of sp³-hybridized carbons (Fsp3) is 0.438. The minimum absolute atomic E-state index is 0.0395. The Morgan fingerprint density at radius 2 is 2.29 bits per heavy atom. The highest BCUT2D eigenvalue weighted by atomic mass is 16.2. The van der Waals surface area contributed by atoms with Gasteiger partial charge in [-0.3, -0.25) is 14.6 Å². The summed E-state index contributed by atoms with van der Waals surface area (Å²) in [7, 11) is 0. The number of likely N-dealkylation sites (tertiary alicyclic amines) is 1. The molecule has 0 saturated carbocycles. The zero-order valence-electron chi connectivity index (χ0n) is 13.7. The van der Waals surface area contributed by atoms with Crippen molar-refractivity contribution in [2.45, 2.75) is 39.3 Å². The van der Waals surface area contributed by atoms with Crippen molar-refractivity contribution in [3.63, 3.8) is 0 Å². The van der Waals surface area contributed by atoms with Crippen LogP contribution in [0.3, 0.4) is 0 Å². The molecule has 124 valence electrons. The second-order valence-electron chi connectivity index (χ2n) is 6.28. The molecular formula is C16H19N7O. The van der Waals surface area contributed by atoms with Crippen molar-refractivity contribution in [2.24, 2.45) is 0 Å².